The van der Waals surface area contributed by atoms with Crippen LogP contribution in [0.5, 0.6) is 5.75 Å². The van der Waals surface area contributed by atoms with Gasteiger partial charge in [0.1, 0.15) is 5.75 Å². The molecule has 0 radical (unpaired) electrons. The number of nitro benzene ring substituents is 1. The third-order valence-electron chi connectivity index (χ3n) is 7.77. The summed E-state index contributed by atoms with van der Waals surface area (Å²) in [5.74, 6) is 0.738. The van der Waals surface area contributed by atoms with E-state index in [9.17, 15) is 14.9 Å². The Hall–Kier alpha value is -4.34. The van der Waals surface area contributed by atoms with E-state index in [1.807, 2.05) is 73.3 Å². The Morgan fingerprint density at radius 3 is 2.36 bits per heavy atom. The molecule has 0 spiro atoms. The molecule has 2 amide bonds. The first-order chi connectivity index (χ1) is 21.4. The van der Waals surface area contributed by atoms with Gasteiger partial charge in [0.25, 0.3) is 5.69 Å². The van der Waals surface area contributed by atoms with E-state index in [2.05, 4.69) is 34.5 Å². The van der Waals surface area contributed by atoms with Crippen LogP contribution in [0.25, 0.3) is 0 Å². The number of rotatable bonds is 11. The van der Waals surface area contributed by atoms with Gasteiger partial charge in [0.15, 0.2) is 0 Å². The number of nitro groups is 1. The summed E-state index contributed by atoms with van der Waals surface area (Å²) in [7, 11) is 0. The summed E-state index contributed by atoms with van der Waals surface area (Å²) in [6.07, 6.45) is 1.61. The molecule has 0 unspecified atom stereocenters. The van der Waals surface area contributed by atoms with E-state index in [0.29, 0.717) is 12.3 Å². The van der Waals surface area contributed by atoms with Crippen molar-refractivity contribution in [3.63, 3.8) is 0 Å². The summed E-state index contributed by atoms with van der Waals surface area (Å²) in [6, 6.07) is 30.6. The van der Waals surface area contributed by atoms with Gasteiger partial charge in [-0.1, -0.05) is 59.8 Å². The second-order valence-electron chi connectivity index (χ2n) is 11.0. The molecule has 0 atom stereocenters. The highest BCUT2D eigenvalue weighted by Gasteiger charge is 2.29. The molecule has 44 heavy (non-hydrogen) atoms. The van der Waals surface area contributed by atoms with E-state index in [0.717, 1.165) is 59.1 Å². The number of aryl methyl sites for hydroxylation is 1. The molecule has 4 aromatic rings. The topological polar surface area (TPSA) is 87.9 Å². The SMILES string of the molecule is CCOc1ccc(NC(=O)N(Cc2cc([N+](=O)[O-])ccc2Sc2ccc(C)cc2)C2CCN(Cc3ccccc3)CC2)cc1. The predicted octanol–water partition coefficient (Wildman–Crippen LogP) is 8.15. The second kappa shape index (κ2) is 14.9. The van der Waals surface area contributed by atoms with Gasteiger partial charge in [-0.15, -0.1) is 0 Å². The largest absolute Gasteiger partial charge is 0.494 e. The number of nitrogens with zero attached hydrogens (tertiary/aromatic N) is 3. The van der Waals surface area contributed by atoms with E-state index < -0.39 is 0 Å². The maximum absolute atomic E-state index is 14.0. The van der Waals surface area contributed by atoms with E-state index in [1.54, 1.807) is 23.9 Å². The van der Waals surface area contributed by atoms with Crippen LogP contribution in [-0.4, -0.2) is 46.5 Å². The Morgan fingerprint density at radius 1 is 1.00 bits per heavy atom. The highest BCUT2D eigenvalue weighted by molar-refractivity contribution is 7.99. The lowest BCUT2D eigenvalue weighted by atomic mass is 10.0. The number of nitrogens with one attached hydrogen (secondary N) is 1. The molecule has 5 rings (SSSR count). The second-order valence-corrected chi connectivity index (χ2v) is 12.1. The number of carbonyl (C=O) groups is 1. The zero-order valence-electron chi connectivity index (χ0n) is 25.1. The Balaban J connectivity index is 1.39. The first-order valence-electron chi connectivity index (χ1n) is 15.0. The molecule has 8 nitrogen and oxygen atoms in total. The minimum absolute atomic E-state index is 0.0119. The monoisotopic (exact) mass is 610 g/mol. The van der Waals surface area contributed by atoms with Crippen molar-refractivity contribution in [1.29, 1.82) is 0 Å². The molecular weight excluding hydrogens is 572 g/mol. The van der Waals surface area contributed by atoms with Gasteiger partial charge in [0, 0.05) is 59.8 Å². The highest BCUT2D eigenvalue weighted by Crippen LogP contribution is 2.34. The minimum Gasteiger partial charge on any atom is -0.494 e. The molecule has 9 heteroatoms. The molecule has 1 fully saturated rings. The van der Waals surface area contributed by atoms with Crippen LogP contribution in [-0.2, 0) is 13.1 Å². The van der Waals surface area contributed by atoms with Crippen LogP contribution in [0.2, 0.25) is 0 Å². The number of ether oxygens (including phenoxy) is 1. The number of amides is 2. The summed E-state index contributed by atoms with van der Waals surface area (Å²) in [5.41, 5.74) is 3.86. The third-order valence-corrected chi connectivity index (χ3v) is 8.89. The number of benzene rings is 4. The number of hydrogen-bond acceptors (Lipinski definition) is 6. The number of piperidine rings is 1. The van der Waals surface area contributed by atoms with Gasteiger partial charge in [-0.05, 0) is 80.3 Å². The van der Waals surface area contributed by atoms with Crippen molar-refractivity contribution in [2.24, 2.45) is 0 Å². The van der Waals surface area contributed by atoms with Gasteiger partial charge in [-0.2, -0.15) is 0 Å². The fourth-order valence-electron chi connectivity index (χ4n) is 5.41. The minimum atomic E-state index is -0.379. The lowest BCUT2D eigenvalue weighted by Gasteiger charge is -2.39. The lowest BCUT2D eigenvalue weighted by Crippen LogP contribution is -2.48. The van der Waals surface area contributed by atoms with Crippen molar-refractivity contribution >= 4 is 29.2 Å². The van der Waals surface area contributed by atoms with E-state index in [1.165, 1.54) is 11.6 Å². The summed E-state index contributed by atoms with van der Waals surface area (Å²) in [6.45, 7) is 7.36. The number of carbonyl (C=O) groups excluding carboxylic acids is 1. The van der Waals surface area contributed by atoms with Gasteiger partial charge in [-0.3, -0.25) is 15.0 Å². The first-order valence-corrected chi connectivity index (χ1v) is 15.8. The predicted molar refractivity (Wildman–Crippen MR) is 175 cm³/mol. The van der Waals surface area contributed by atoms with Crippen molar-refractivity contribution in [2.45, 2.75) is 55.6 Å². The summed E-state index contributed by atoms with van der Waals surface area (Å²) < 4.78 is 5.55. The van der Waals surface area contributed by atoms with Crippen molar-refractivity contribution in [3.05, 3.63) is 124 Å². The summed E-state index contributed by atoms with van der Waals surface area (Å²) in [5, 5.41) is 14.8. The van der Waals surface area contributed by atoms with Crippen LogP contribution in [0, 0.1) is 17.0 Å². The molecule has 1 heterocycles. The maximum atomic E-state index is 14.0. The van der Waals surface area contributed by atoms with Gasteiger partial charge in [-0.25, -0.2) is 4.79 Å². The van der Waals surface area contributed by atoms with Crippen LogP contribution in [0.3, 0.4) is 0 Å². The average molecular weight is 611 g/mol. The molecule has 4 aromatic carbocycles. The fraction of sp³-hybridized carbons (Fsp3) is 0.286. The molecule has 1 saturated heterocycles. The number of hydrogen-bond donors (Lipinski definition) is 1. The molecule has 1 aliphatic heterocycles. The number of anilines is 1. The van der Waals surface area contributed by atoms with Crippen LogP contribution in [0.4, 0.5) is 16.2 Å². The Morgan fingerprint density at radius 2 is 1.70 bits per heavy atom. The molecule has 0 bridgehead atoms. The van der Waals surface area contributed by atoms with Gasteiger partial charge in [0.05, 0.1) is 11.5 Å². The van der Waals surface area contributed by atoms with Gasteiger partial charge < -0.3 is 15.0 Å². The van der Waals surface area contributed by atoms with Crippen molar-refractivity contribution in [3.8, 4) is 5.75 Å². The molecular formula is C35H38N4O4S. The standard InChI is InChI=1S/C35H38N4O4S/c1-3-43-32-14-11-29(12-15-32)36-35(40)38(30-19-21-37(22-20-30)24-27-7-5-4-6-8-27)25-28-23-31(39(41)42)13-18-34(28)44-33-16-9-26(2)10-17-33/h4-18,23,30H,3,19-22,24-25H2,1-2H3,(H,36,40). The first kappa shape index (κ1) is 31.1. The van der Waals surface area contributed by atoms with Crippen LogP contribution < -0.4 is 10.1 Å². The molecule has 228 valence electrons. The van der Waals surface area contributed by atoms with Crippen molar-refractivity contribution in [2.75, 3.05) is 25.0 Å². The van der Waals surface area contributed by atoms with Gasteiger partial charge >= 0.3 is 6.03 Å². The summed E-state index contributed by atoms with van der Waals surface area (Å²) >= 11 is 1.55. The molecule has 1 N–H and O–H groups in total. The van der Waals surface area contributed by atoms with E-state index in [4.69, 9.17) is 4.74 Å². The highest BCUT2D eigenvalue weighted by atomic mass is 32.2. The Bertz CT molecular complexity index is 1540. The average Bonchev–Trinajstić information content (AvgIpc) is 3.03. The zero-order valence-corrected chi connectivity index (χ0v) is 26.0. The van der Waals surface area contributed by atoms with Crippen LogP contribution in [0.1, 0.15) is 36.5 Å². The fourth-order valence-corrected chi connectivity index (χ4v) is 6.33. The van der Waals surface area contributed by atoms with E-state index in [-0.39, 0.29) is 29.2 Å². The third kappa shape index (κ3) is 8.39. The maximum Gasteiger partial charge on any atom is 0.322 e. The number of likely N-dealkylation sites (tertiary alicyclic amines) is 1. The smallest absolute Gasteiger partial charge is 0.322 e. The normalized spacial score (nSPS) is 13.8. The quantitative estimate of drug-likeness (QED) is 0.136. The molecule has 1 aliphatic rings. The van der Waals surface area contributed by atoms with Crippen LogP contribution >= 0.6 is 11.8 Å². The zero-order chi connectivity index (χ0) is 30.9. The molecule has 0 saturated carbocycles. The van der Waals surface area contributed by atoms with Crippen LogP contribution in [0.15, 0.2) is 107 Å². The number of urea groups is 1. The molecule has 0 aromatic heterocycles. The molecule has 0 aliphatic carbocycles. The van der Waals surface area contributed by atoms with E-state index >= 15 is 0 Å². The Kier molecular flexibility index (Phi) is 10.5. The lowest BCUT2D eigenvalue weighted by molar-refractivity contribution is -0.385. The van der Waals surface area contributed by atoms with Gasteiger partial charge in [0.2, 0.25) is 0 Å². The van der Waals surface area contributed by atoms with Crippen molar-refractivity contribution < 1.29 is 14.5 Å². The van der Waals surface area contributed by atoms with Crippen molar-refractivity contribution in [1.82, 2.24) is 9.80 Å². The number of non-ortho nitro benzene ring substituents is 1. The summed E-state index contributed by atoms with van der Waals surface area (Å²) in [4.78, 5) is 31.5. The Labute approximate surface area is 263 Å².